The summed E-state index contributed by atoms with van der Waals surface area (Å²) < 4.78 is 0. The van der Waals surface area contributed by atoms with Crippen molar-refractivity contribution in [2.45, 2.75) is 33.0 Å². The van der Waals surface area contributed by atoms with E-state index in [0.717, 1.165) is 11.1 Å². The minimum absolute atomic E-state index is 0.0250. The summed E-state index contributed by atoms with van der Waals surface area (Å²) in [6.45, 7) is 4.78. The molecule has 0 fully saturated rings. The van der Waals surface area contributed by atoms with Crippen LogP contribution >= 0.6 is 11.6 Å². The lowest BCUT2D eigenvalue weighted by Crippen LogP contribution is -2.37. The van der Waals surface area contributed by atoms with Crippen LogP contribution in [0.1, 0.15) is 25.0 Å². The molecule has 2 aromatic carbocycles. The Morgan fingerprint density at radius 2 is 1.85 bits per heavy atom. The summed E-state index contributed by atoms with van der Waals surface area (Å²) >= 11 is 6.12. The van der Waals surface area contributed by atoms with Crippen LogP contribution in [0.5, 0.6) is 0 Å². The van der Waals surface area contributed by atoms with Gasteiger partial charge in [-0.1, -0.05) is 60.1 Å². The van der Waals surface area contributed by atoms with Crippen LogP contribution in [-0.4, -0.2) is 16.8 Å². The molecule has 0 unspecified atom stereocenters. The third-order valence-electron chi connectivity index (χ3n) is 3.93. The van der Waals surface area contributed by atoms with E-state index in [0.29, 0.717) is 18.1 Å². The molecule has 1 N–H and O–H groups in total. The molecule has 134 valence electrons. The number of nitrogens with one attached hydrogen (secondary N) is 1. The fraction of sp³-hybridized carbons (Fsp3) is 0.238. The Hall–Kier alpha value is -2.77. The first-order valence-corrected chi connectivity index (χ1v) is 8.82. The Bertz CT molecular complexity index is 810. The molecule has 0 aromatic heterocycles. The Labute approximate surface area is 159 Å². The van der Waals surface area contributed by atoms with Gasteiger partial charge in [0.05, 0.1) is 0 Å². The lowest BCUT2D eigenvalue weighted by atomic mass is 10.1. The first-order valence-electron chi connectivity index (χ1n) is 8.45. The molecule has 0 heterocycles. The van der Waals surface area contributed by atoms with Gasteiger partial charge in [0.25, 0.3) is 5.91 Å². The van der Waals surface area contributed by atoms with Crippen molar-refractivity contribution in [3.8, 4) is 6.07 Å². The van der Waals surface area contributed by atoms with E-state index >= 15 is 0 Å². The first kappa shape index (κ1) is 19.6. The number of amides is 1. The highest BCUT2D eigenvalue weighted by atomic mass is 35.5. The predicted octanol–water partition coefficient (Wildman–Crippen LogP) is 4.27. The molecular weight excluding hydrogens is 346 g/mol. The molecule has 0 saturated carbocycles. The van der Waals surface area contributed by atoms with Crippen molar-refractivity contribution < 1.29 is 4.79 Å². The van der Waals surface area contributed by atoms with Crippen LogP contribution in [0.25, 0.3) is 0 Å². The van der Waals surface area contributed by atoms with Crippen molar-refractivity contribution in [3.05, 3.63) is 82.5 Å². The number of nitrogens with zero attached hydrogens (tertiary/aromatic N) is 2. The average Bonchev–Trinajstić information content (AvgIpc) is 2.65. The molecule has 2 aromatic rings. The van der Waals surface area contributed by atoms with Crippen molar-refractivity contribution in [2.24, 2.45) is 0 Å². The standard InChI is InChI=1S/C21H22ClN3O/c1-16(2)25(15-17-8-4-3-5-9-17)21(26)19(12-23)14-24-13-18-10-6-7-11-20(18)22/h3-11,14,16,24H,13,15H2,1-2H3/b19-14-. The molecule has 0 bridgehead atoms. The Morgan fingerprint density at radius 3 is 2.46 bits per heavy atom. The molecular formula is C21H22ClN3O. The van der Waals surface area contributed by atoms with Gasteiger partial charge in [-0.3, -0.25) is 4.79 Å². The van der Waals surface area contributed by atoms with Crippen LogP contribution in [0.3, 0.4) is 0 Å². The normalized spacial score (nSPS) is 11.1. The smallest absolute Gasteiger partial charge is 0.266 e. The maximum Gasteiger partial charge on any atom is 0.266 e. The molecule has 0 aliphatic rings. The summed E-state index contributed by atoms with van der Waals surface area (Å²) in [6, 6.07) is 19.2. The van der Waals surface area contributed by atoms with Crippen molar-refractivity contribution in [1.82, 2.24) is 10.2 Å². The van der Waals surface area contributed by atoms with Gasteiger partial charge in [-0.15, -0.1) is 0 Å². The maximum absolute atomic E-state index is 12.8. The van der Waals surface area contributed by atoms with Crippen LogP contribution in [0.4, 0.5) is 0 Å². The molecule has 0 spiro atoms. The number of nitriles is 1. The van der Waals surface area contributed by atoms with E-state index in [2.05, 4.69) is 5.32 Å². The molecule has 0 atom stereocenters. The Kier molecular flexibility index (Phi) is 7.25. The van der Waals surface area contributed by atoms with Gasteiger partial charge >= 0.3 is 0 Å². The first-order chi connectivity index (χ1) is 12.5. The minimum atomic E-state index is -0.294. The summed E-state index contributed by atoms with van der Waals surface area (Å²) in [5.41, 5.74) is 2.00. The van der Waals surface area contributed by atoms with Gasteiger partial charge in [-0.2, -0.15) is 5.26 Å². The number of hydrogen-bond donors (Lipinski definition) is 1. The highest BCUT2D eigenvalue weighted by Crippen LogP contribution is 2.15. The lowest BCUT2D eigenvalue weighted by Gasteiger charge is -2.26. The zero-order valence-corrected chi connectivity index (χ0v) is 15.7. The average molecular weight is 368 g/mol. The van der Waals surface area contributed by atoms with Gasteiger partial charge in [0, 0.05) is 30.4 Å². The summed E-state index contributed by atoms with van der Waals surface area (Å²) in [5, 5.41) is 13.1. The molecule has 5 heteroatoms. The number of hydrogen-bond acceptors (Lipinski definition) is 3. The highest BCUT2D eigenvalue weighted by Gasteiger charge is 2.21. The number of rotatable bonds is 7. The summed E-state index contributed by atoms with van der Waals surface area (Å²) in [5.74, 6) is -0.294. The fourth-order valence-corrected chi connectivity index (χ4v) is 2.67. The second kappa shape index (κ2) is 9.65. The van der Waals surface area contributed by atoms with Gasteiger partial charge < -0.3 is 10.2 Å². The second-order valence-corrected chi connectivity index (χ2v) is 6.56. The van der Waals surface area contributed by atoms with Crippen molar-refractivity contribution in [3.63, 3.8) is 0 Å². The third-order valence-corrected chi connectivity index (χ3v) is 4.30. The van der Waals surface area contributed by atoms with Gasteiger partial charge in [0.2, 0.25) is 0 Å². The number of benzene rings is 2. The molecule has 1 amide bonds. The minimum Gasteiger partial charge on any atom is -0.386 e. The molecule has 4 nitrogen and oxygen atoms in total. The zero-order chi connectivity index (χ0) is 18.9. The maximum atomic E-state index is 12.8. The monoisotopic (exact) mass is 367 g/mol. The highest BCUT2D eigenvalue weighted by molar-refractivity contribution is 6.31. The van der Waals surface area contributed by atoms with Gasteiger partial charge in [-0.05, 0) is 31.0 Å². The molecule has 0 aliphatic heterocycles. The van der Waals surface area contributed by atoms with E-state index in [4.69, 9.17) is 11.6 Å². The molecule has 0 saturated heterocycles. The van der Waals surface area contributed by atoms with E-state index in [1.165, 1.54) is 6.20 Å². The van der Waals surface area contributed by atoms with Gasteiger partial charge in [-0.25, -0.2) is 0 Å². The molecule has 0 radical (unpaired) electrons. The Morgan fingerprint density at radius 1 is 1.19 bits per heavy atom. The third kappa shape index (κ3) is 5.37. The molecule has 26 heavy (non-hydrogen) atoms. The predicted molar refractivity (Wildman–Crippen MR) is 104 cm³/mol. The SMILES string of the molecule is CC(C)N(Cc1ccccc1)C(=O)/C(C#N)=C\NCc1ccccc1Cl. The van der Waals surface area contributed by atoms with Crippen LogP contribution in [0.2, 0.25) is 5.02 Å². The summed E-state index contributed by atoms with van der Waals surface area (Å²) in [4.78, 5) is 14.5. The van der Waals surface area contributed by atoms with Crippen LogP contribution in [0.15, 0.2) is 66.4 Å². The van der Waals surface area contributed by atoms with E-state index in [1.807, 2.05) is 68.4 Å². The van der Waals surface area contributed by atoms with Crippen molar-refractivity contribution >= 4 is 17.5 Å². The largest absolute Gasteiger partial charge is 0.386 e. The van der Waals surface area contributed by atoms with Crippen molar-refractivity contribution in [1.29, 1.82) is 5.26 Å². The quantitative estimate of drug-likeness (QED) is 0.587. The van der Waals surface area contributed by atoms with Crippen molar-refractivity contribution in [2.75, 3.05) is 0 Å². The summed E-state index contributed by atoms with van der Waals surface area (Å²) in [7, 11) is 0. The summed E-state index contributed by atoms with van der Waals surface area (Å²) in [6.07, 6.45) is 1.46. The Balaban J connectivity index is 2.09. The topological polar surface area (TPSA) is 56.1 Å². The number of carbonyl (C=O) groups is 1. The number of halogens is 1. The van der Waals surface area contributed by atoms with Crippen LogP contribution < -0.4 is 5.32 Å². The van der Waals surface area contributed by atoms with Crippen LogP contribution in [0, 0.1) is 11.3 Å². The molecule has 2 rings (SSSR count). The second-order valence-electron chi connectivity index (χ2n) is 6.15. The van der Waals surface area contributed by atoms with Gasteiger partial charge in [0.1, 0.15) is 11.6 Å². The number of carbonyl (C=O) groups excluding carboxylic acids is 1. The molecule has 0 aliphatic carbocycles. The van der Waals surface area contributed by atoms with Crippen LogP contribution in [-0.2, 0) is 17.9 Å². The lowest BCUT2D eigenvalue weighted by molar-refractivity contribution is -0.129. The fourth-order valence-electron chi connectivity index (χ4n) is 2.47. The van der Waals surface area contributed by atoms with E-state index in [-0.39, 0.29) is 17.5 Å². The van der Waals surface area contributed by atoms with E-state index < -0.39 is 0 Å². The van der Waals surface area contributed by atoms with E-state index in [9.17, 15) is 10.1 Å². The van der Waals surface area contributed by atoms with E-state index in [1.54, 1.807) is 11.0 Å². The zero-order valence-electron chi connectivity index (χ0n) is 14.9. The van der Waals surface area contributed by atoms with Gasteiger partial charge in [0.15, 0.2) is 0 Å².